The number of likely N-dealkylation sites (N-methyl/N-ethyl adjacent to an activating group) is 1. The molecule has 7 heteroatoms. The SMILES string of the molecule is CN1CC2(CCN(C(=O)CCC3CCCCC3)CC2)C[C@@H](O)[C@@H](O)Cc2ccccc2OCC1=O. The summed E-state index contributed by atoms with van der Waals surface area (Å²) < 4.78 is 5.79. The number of rotatable bonds is 3. The number of fused-ring (bicyclic) bond motifs is 1. The van der Waals surface area contributed by atoms with E-state index in [1.165, 1.54) is 32.1 Å². The molecule has 35 heavy (non-hydrogen) atoms. The minimum Gasteiger partial charge on any atom is -0.483 e. The third kappa shape index (κ3) is 6.76. The van der Waals surface area contributed by atoms with Crippen molar-refractivity contribution in [2.24, 2.45) is 11.3 Å². The molecule has 2 atom stereocenters. The van der Waals surface area contributed by atoms with Crippen LogP contribution in [0, 0.1) is 11.3 Å². The average Bonchev–Trinajstić information content (AvgIpc) is 2.87. The van der Waals surface area contributed by atoms with E-state index in [-0.39, 0.29) is 30.3 Å². The number of aliphatic hydroxyl groups excluding tert-OH is 2. The summed E-state index contributed by atoms with van der Waals surface area (Å²) in [5.74, 6) is 1.38. The highest BCUT2D eigenvalue weighted by Crippen LogP contribution is 2.39. The van der Waals surface area contributed by atoms with E-state index in [9.17, 15) is 19.8 Å². The maximum atomic E-state index is 12.9. The highest BCUT2D eigenvalue weighted by molar-refractivity contribution is 5.78. The van der Waals surface area contributed by atoms with Gasteiger partial charge in [0, 0.05) is 39.5 Å². The van der Waals surface area contributed by atoms with Gasteiger partial charge in [0.05, 0.1) is 12.2 Å². The number of aliphatic hydroxyl groups is 2. The molecule has 4 rings (SSSR count). The molecular formula is C28H42N2O5. The summed E-state index contributed by atoms with van der Waals surface area (Å²) in [4.78, 5) is 29.4. The van der Waals surface area contributed by atoms with Gasteiger partial charge in [0.2, 0.25) is 5.91 Å². The number of amides is 2. The van der Waals surface area contributed by atoms with Crippen LogP contribution in [0.1, 0.15) is 69.8 Å². The highest BCUT2D eigenvalue weighted by Gasteiger charge is 2.41. The number of likely N-dealkylation sites (tertiary alicyclic amines) is 1. The third-order valence-electron chi connectivity index (χ3n) is 8.51. The van der Waals surface area contributed by atoms with Crippen molar-refractivity contribution in [1.29, 1.82) is 0 Å². The molecule has 2 aliphatic heterocycles. The fourth-order valence-electron chi connectivity index (χ4n) is 6.21. The maximum absolute atomic E-state index is 12.9. The Hall–Kier alpha value is -2.12. The second kappa shape index (κ2) is 11.7. The Labute approximate surface area is 209 Å². The van der Waals surface area contributed by atoms with Crippen molar-refractivity contribution < 1.29 is 24.5 Å². The average molecular weight is 487 g/mol. The van der Waals surface area contributed by atoms with Crippen molar-refractivity contribution in [3.63, 3.8) is 0 Å². The molecule has 2 N–H and O–H groups in total. The number of hydrogen-bond donors (Lipinski definition) is 2. The minimum atomic E-state index is -0.924. The smallest absolute Gasteiger partial charge is 0.260 e. The summed E-state index contributed by atoms with van der Waals surface area (Å²) >= 11 is 0. The molecule has 7 nitrogen and oxygen atoms in total. The van der Waals surface area contributed by atoms with Gasteiger partial charge in [0.1, 0.15) is 5.75 Å². The normalized spacial score (nSPS) is 26.4. The standard InChI is InChI=1S/C28H42N2O5/c1-29-20-28(13-15-30(16-14-28)26(33)12-11-21-7-3-2-4-8-21)18-24(32)23(31)17-22-9-5-6-10-25(22)35-19-27(29)34/h5-6,9-10,21,23-24,31-32H,2-4,7-8,11-20H2,1H3/t23-,24+/m0/s1. The molecule has 1 aromatic carbocycles. The van der Waals surface area contributed by atoms with Crippen LogP contribution in [0.2, 0.25) is 0 Å². The lowest BCUT2D eigenvalue weighted by Crippen LogP contribution is -2.51. The number of benzene rings is 1. The van der Waals surface area contributed by atoms with Crippen LogP contribution in [0.25, 0.3) is 0 Å². The molecule has 194 valence electrons. The van der Waals surface area contributed by atoms with Crippen molar-refractivity contribution in [2.75, 3.05) is 33.3 Å². The summed E-state index contributed by atoms with van der Waals surface area (Å²) in [6, 6.07) is 7.35. The van der Waals surface area contributed by atoms with Gasteiger partial charge in [-0.05, 0) is 48.6 Å². The molecule has 1 saturated heterocycles. The highest BCUT2D eigenvalue weighted by atomic mass is 16.5. The third-order valence-corrected chi connectivity index (χ3v) is 8.51. The number of piperidine rings is 1. The van der Waals surface area contributed by atoms with Crippen LogP contribution in [-0.4, -0.2) is 77.3 Å². The van der Waals surface area contributed by atoms with Crippen molar-refractivity contribution in [2.45, 2.75) is 82.8 Å². The van der Waals surface area contributed by atoms with E-state index < -0.39 is 12.2 Å². The van der Waals surface area contributed by atoms with Gasteiger partial charge in [-0.1, -0.05) is 50.3 Å². The van der Waals surface area contributed by atoms with E-state index in [1.807, 2.05) is 23.1 Å². The zero-order chi connectivity index (χ0) is 24.8. The molecule has 0 unspecified atom stereocenters. The molecule has 0 bridgehead atoms. The van der Waals surface area contributed by atoms with Crippen LogP contribution < -0.4 is 4.74 Å². The van der Waals surface area contributed by atoms with Crippen molar-refractivity contribution >= 4 is 11.8 Å². The predicted molar refractivity (Wildman–Crippen MR) is 134 cm³/mol. The summed E-state index contributed by atoms with van der Waals surface area (Å²) in [5.41, 5.74) is 0.437. The Morgan fingerprint density at radius 3 is 2.54 bits per heavy atom. The van der Waals surface area contributed by atoms with Crippen molar-refractivity contribution in [3.8, 4) is 5.75 Å². The van der Waals surface area contributed by atoms with E-state index in [1.54, 1.807) is 18.0 Å². The monoisotopic (exact) mass is 486 g/mol. The summed E-state index contributed by atoms with van der Waals surface area (Å²) in [7, 11) is 1.77. The fraction of sp³-hybridized carbons (Fsp3) is 0.714. The van der Waals surface area contributed by atoms with Crippen LogP contribution in [0.4, 0.5) is 0 Å². The molecule has 2 amide bonds. The molecule has 2 heterocycles. The molecule has 1 aliphatic carbocycles. The first-order chi connectivity index (χ1) is 16.8. The molecule has 1 aromatic rings. The number of para-hydroxylation sites is 1. The lowest BCUT2D eigenvalue weighted by Gasteiger charge is -2.45. The second-order valence-electron chi connectivity index (χ2n) is 11.1. The summed E-state index contributed by atoms with van der Waals surface area (Å²) in [5, 5.41) is 21.8. The minimum absolute atomic E-state index is 0.0615. The number of carbonyl (C=O) groups excluding carboxylic acids is 2. The Bertz CT molecular complexity index is 861. The van der Waals surface area contributed by atoms with Gasteiger partial charge in [-0.3, -0.25) is 9.59 Å². The Morgan fingerprint density at radius 1 is 1.09 bits per heavy atom. The molecule has 1 saturated carbocycles. The molecule has 0 radical (unpaired) electrons. The Kier molecular flexibility index (Phi) is 8.71. The number of carbonyl (C=O) groups is 2. The first-order valence-electron chi connectivity index (χ1n) is 13.4. The van der Waals surface area contributed by atoms with E-state index >= 15 is 0 Å². The van der Waals surface area contributed by atoms with Crippen LogP contribution in [0.3, 0.4) is 0 Å². The van der Waals surface area contributed by atoms with Gasteiger partial charge in [0.25, 0.3) is 5.91 Å². The lowest BCUT2D eigenvalue weighted by molar-refractivity contribution is -0.139. The number of nitrogens with zero attached hydrogens (tertiary/aromatic N) is 2. The number of hydrogen-bond acceptors (Lipinski definition) is 5. The number of ether oxygens (including phenoxy) is 1. The van der Waals surface area contributed by atoms with Crippen LogP contribution in [-0.2, 0) is 16.0 Å². The second-order valence-corrected chi connectivity index (χ2v) is 11.1. The fourth-order valence-corrected chi connectivity index (χ4v) is 6.21. The zero-order valence-corrected chi connectivity index (χ0v) is 21.2. The van der Waals surface area contributed by atoms with Gasteiger partial charge in [0.15, 0.2) is 6.61 Å². The van der Waals surface area contributed by atoms with E-state index in [4.69, 9.17) is 4.74 Å². The van der Waals surface area contributed by atoms with Crippen LogP contribution in [0.5, 0.6) is 5.75 Å². The first kappa shape index (κ1) is 26.0. The molecule has 0 aromatic heterocycles. The van der Waals surface area contributed by atoms with Gasteiger partial charge in [-0.15, -0.1) is 0 Å². The quantitative estimate of drug-likeness (QED) is 0.685. The Morgan fingerprint density at radius 2 is 1.80 bits per heavy atom. The zero-order valence-electron chi connectivity index (χ0n) is 21.2. The van der Waals surface area contributed by atoms with Crippen molar-refractivity contribution in [1.82, 2.24) is 9.80 Å². The molecule has 2 fully saturated rings. The predicted octanol–water partition coefficient (Wildman–Crippen LogP) is 3.16. The van der Waals surface area contributed by atoms with Gasteiger partial charge >= 0.3 is 0 Å². The Balaban J connectivity index is 1.40. The molecule has 3 aliphatic rings. The van der Waals surface area contributed by atoms with E-state index in [2.05, 4.69) is 0 Å². The largest absolute Gasteiger partial charge is 0.483 e. The van der Waals surface area contributed by atoms with Crippen LogP contribution in [0.15, 0.2) is 24.3 Å². The van der Waals surface area contributed by atoms with Gasteiger partial charge in [-0.2, -0.15) is 0 Å². The first-order valence-corrected chi connectivity index (χ1v) is 13.4. The van der Waals surface area contributed by atoms with E-state index in [0.717, 1.165) is 12.0 Å². The molecule has 1 spiro atoms. The van der Waals surface area contributed by atoms with Crippen molar-refractivity contribution in [3.05, 3.63) is 29.8 Å². The van der Waals surface area contributed by atoms with Crippen LogP contribution >= 0.6 is 0 Å². The summed E-state index contributed by atoms with van der Waals surface area (Å²) in [6.07, 6.45) is 8.28. The summed E-state index contributed by atoms with van der Waals surface area (Å²) in [6.45, 7) is 1.68. The van der Waals surface area contributed by atoms with Gasteiger partial charge < -0.3 is 24.7 Å². The van der Waals surface area contributed by atoms with Gasteiger partial charge in [-0.25, -0.2) is 0 Å². The maximum Gasteiger partial charge on any atom is 0.260 e. The lowest BCUT2D eigenvalue weighted by atomic mass is 9.72. The molecular weight excluding hydrogens is 444 g/mol. The topological polar surface area (TPSA) is 90.3 Å². The van der Waals surface area contributed by atoms with E-state index in [0.29, 0.717) is 57.0 Å².